The topological polar surface area (TPSA) is 37.3 Å². The molecule has 2 nitrogen and oxygen atoms in total. The summed E-state index contributed by atoms with van der Waals surface area (Å²) in [6.45, 7) is 5.28. The van der Waals surface area contributed by atoms with E-state index in [0.29, 0.717) is 4.90 Å². The van der Waals surface area contributed by atoms with Gasteiger partial charge in [-0.25, -0.2) is 0 Å². The molecule has 3 atom stereocenters. The summed E-state index contributed by atoms with van der Waals surface area (Å²) in [6, 6.07) is 6.62. The van der Waals surface area contributed by atoms with Crippen molar-refractivity contribution in [3.05, 3.63) is 42.5 Å². The second-order valence-electron chi connectivity index (χ2n) is 4.16. The number of aliphatic hydroxyl groups excluding tert-OH is 1. The Morgan fingerprint density at radius 1 is 1.47 bits per heavy atom. The number of hydrogen-bond donors (Lipinski definition) is 1. The molecular weight excluding hydrogens is 294 g/mol. The average Bonchev–Trinajstić information content (AvgIpc) is 2.34. The number of halogens is 3. The van der Waals surface area contributed by atoms with Crippen molar-refractivity contribution in [2.24, 2.45) is 0 Å². The fraction of sp³-hybridized carbons (Fsp3) is 0.385. The van der Waals surface area contributed by atoms with Crippen molar-refractivity contribution >= 4 is 22.4 Å². The molecule has 1 unspecified atom stereocenters. The van der Waals surface area contributed by atoms with Gasteiger partial charge in [0.05, 0.1) is 16.0 Å². The first-order valence-electron chi connectivity index (χ1n) is 5.60. The smallest absolute Gasteiger partial charge is 0.348 e. The zero-order valence-electron chi connectivity index (χ0n) is 10.4. The van der Waals surface area contributed by atoms with Crippen LogP contribution in [0.5, 0.6) is 0 Å². The van der Waals surface area contributed by atoms with Gasteiger partial charge in [-0.2, -0.15) is 8.78 Å². The van der Waals surface area contributed by atoms with Crippen LogP contribution >= 0.6 is 11.6 Å². The molecule has 106 valence electrons. The highest BCUT2D eigenvalue weighted by Gasteiger charge is 2.43. The Hall–Kier alpha value is -0.780. The van der Waals surface area contributed by atoms with Gasteiger partial charge in [-0.3, -0.25) is 4.21 Å². The van der Waals surface area contributed by atoms with Gasteiger partial charge < -0.3 is 5.11 Å². The van der Waals surface area contributed by atoms with Gasteiger partial charge in [0, 0.05) is 4.90 Å². The van der Waals surface area contributed by atoms with E-state index in [1.165, 1.54) is 6.08 Å². The first-order chi connectivity index (χ1) is 8.77. The first-order valence-corrected chi connectivity index (χ1v) is 7.19. The van der Waals surface area contributed by atoms with Crippen molar-refractivity contribution in [2.75, 3.05) is 0 Å². The summed E-state index contributed by atoms with van der Waals surface area (Å²) >= 11 is 4.82. The quantitative estimate of drug-likeness (QED) is 0.647. The lowest BCUT2D eigenvalue weighted by molar-refractivity contribution is -0.0410. The van der Waals surface area contributed by atoms with E-state index in [4.69, 9.17) is 11.6 Å². The maximum atomic E-state index is 13.0. The Morgan fingerprint density at radius 3 is 2.42 bits per heavy atom. The molecule has 0 aromatic heterocycles. The lowest BCUT2D eigenvalue weighted by atomic mass is 10.2. The van der Waals surface area contributed by atoms with E-state index in [-0.39, 0.29) is 6.42 Å². The van der Waals surface area contributed by atoms with Gasteiger partial charge in [0.2, 0.25) is 0 Å². The monoisotopic (exact) mass is 308 g/mol. The third kappa shape index (κ3) is 4.37. The predicted molar refractivity (Wildman–Crippen MR) is 73.0 cm³/mol. The lowest BCUT2D eigenvalue weighted by Gasteiger charge is -2.24. The molecule has 0 saturated heterocycles. The van der Waals surface area contributed by atoms with Crippen LogP contribution in [0, 0.1) is 6.92 Å². The second kappa shape index (κ2) is 6.59. The van der Waals surface area contributed by atoms with Crippen LogP contribution in [-0.4, -0.2) is 26.1 Å². The van der Waals surface area contributed by atoms with Crippen LogP contribution in [0.25, 0.3) is 0 Å². The number of aliphatic hydroxyl groups is 1. The molecule has 0 radical (unpaired) electrons. The predicted octanol–water partition coefficient (Wildman–Crippen LogP) is 3.24. The molecule has 0 aliphatic heterocycles. The molecule has 0 aliphatic rings. The lowest BCUT2D eigenvalue weighted by Crippen LogP contribution is -2.41. The Morgan fingerprint density at radius 2 is 2.00 bits per heavy atom. The number of rotatable bonds is 6. The summed E-state index contributed by atoms with van der Waals surface area (Å²) in [5, 5.41) is 4.51. The molecule has 0 bridgehead atoms. The number of aryl methyl sites for hydroxylation is 1. The van der Waals surface area contributed by atoms with Crippen molar-refractivity contribution in [3.8, 4) is 0 Å². The number of alkyl halides is 3. The molecule has 1 aromatic rings. The molecule has 0 saturated carbocycles. The van der Waals surface area contributed by atoms with Gasteiger partial charge in [0.25, 0.3) is 0 Å². The fourth-order valence-corrected chi connectivity index (χ4v) is 3.25. The normalized spacial score (nSPS) is 16.7. The van der Waals surface area contributed by atoms with Crippen LogP contribution in [0.15, 0.2) is 41.8 Å². The number of benzene rings is 1. The molecule has 6 heteroatoms. The van der Waals surface area contributed by atoms with Crippen LogP contribution in [0.4, 0.5) is 8.78 Å². The Kier molecular flexibility index (Phi) is 5.64. The average molecular weight is 309 g/mol. The molecule has 19 heavy (non-hydrogen) atoms. The largest absolute Gasteiger partial charge is 0.384 e. The summed E-state index contributed by atoms with van der Waals surface area (Å²) in [5.74, 6) is 0. The van der Waals surface area contributed by atoms with Crippen LogP contribution in [0.3, 0.4) is 0 Å². The highest BCUT2D eigenvalue weighted by Crippen LogP contribution is 2.30. The highest BCUT2D eigenvalue weighted by molar-refractivity contribution is 7.85. The van der Waals surface area contributed by atoms with E-state index in [9.17, 15) is 18.1 Å². The van der Waals surface area contributed by atoms with Crippen molar-refractivity contribution < 1.29 is 18.1 Å². The van der Waals surface area contributed by atoms with Crippen LogP contribution in [0.1, 0.15) is 12.0 Å². The summed E-state index contributed by atoms with van der Waals surface area (Å²) in [6.07, 6.45) is -0.888. The maximum absolute atomic E-state index is 13.0. The van der Waals surface area contributed by atoms with Gasteiger partial charge in [0.1, 0.15) is 6.10 Å². The standard InChI is InChI=1S/C13H15ClF2O2S/c1-3-4-11(12(17)13(14,15)16)19(18)10-7-5-9(2)6-8-10/h3,5-8,11-12,17H,1,4H2,2H3/t11-,12+,19?/m0/s1. The Balaban J connectivity index is 3.02. The minimum Gasteiger partial charge on any atom is -0.384 e. The summed E-state index contributed by atoms with van der Waals surface area (Å²) in [4.78, 5) is 0.373. The third-order valence-corrected chi connectivity index (χ3v) is 4.58. The van der Waals surface area contributed by atoms with Crippen molar-refractivity contribution in [1.29, 1.82) is 0 Å². The summed E-state index contributed by atoms with van der Waals surface area (Å²) in [5.41, 5.74) is 0.962. The maximum Gasteiger partial charge on any atom is 0.348 e. The van der Waals surface area contributed by atoms with E-state index in [1.807, 2.05) is 6.92 Å². The summed E-state index contributed by atoms with van der Waals surface area (Å²) in [7, 11) is -1.79. The number of hydrogen-bond acceptors (Lipinski definition) is 2. The van der Waals surface area contributed by atoms with Gasteiger partial charge in [-0.15, -0.1) is 6.58 Å². The molecule has 0 heterocycles. The zero-order valence-corrected chi connectivity index (χ0v) is 11.9. The van der Waals surface area contributed by atoms with Crippen LogP contribution < -0.4 is 0 Å². The highest BCUT2D eigenvalue weighted by atomic mass is 35.5. The van der Waals surface area contributed by atoms with E-state index < -0.39 is 27.5 Å². The molecule has 1 aromatic carbocycles. The van der Waals surface area contributed by atoms with Gasteiger partial charge in [0.15, 0.2) is 0 Å². The van der Waals surface area contributed by atoms with Crippen molar-refractivity contribution in [2.45, 2.75) is 35.0 Å². The molecule has 0 aliphatic carbocycles. The van der Waals surface area contributed by atoms with Gasteiger partial charge >= 0.3 is 5.38 Å². The van der Waals surface area contributed by atoms with Gasteiger partial charge in [-0.1, -0.05) is 23.8 Å². The van der Waals surface area contributed by atoms with E-state index in [1.54, 1.807) is 24.3 Å². The van der Waals surface area contributed by atoms with E-state index >= 15 is 0 Å². The zero-order chi connectivity index (χ0) is 14.6. The van der Waals surface area contributed by atoms with Crippen LogP contribution in [-0.2, 0) is 10.8 Å². The van der Waals surface area contributed by atoms with Crippen molar-refractivity contribution in [3.63, 3.8) is 0 Å². The molecule has 0 fully saturated rings. The molecule has 1 rings (SSSR count). The third-order valence-electron chi connectivity index (χ3n) is 2.61. The summed E-state index contributed by atoms with van der Waals surface area (Å²) < 4.78 is 38.2. The molecule has 1 N–H and O–H groups in total. The van der Waals surface area contributed by atoms with E-state index in [2.05, 4.69) is 6.58 Å². The Labute approximate surface area is 118 Å². The van der Waals surface area contributed by atoms with Crippen LogP contribution in [0.2, 0.25) is 0 Å². The van der Waals surface area contributed by atoms with Crippen molar-refractivity contribution in [1.82, 2.24) is 0 Å². The minimum absolute atomic E-state index is 0.0238. The van der Waals surface area contributed by atoms with E-state index in [0.717, 1.165) is 5.56 Å². The SMILES string of the molecule is C=CC[C@@H]([C@@H](O)C(F)(F)Cl)S(=O)c1ccc(C)cc1. The van der Waals surface area contributed by atoms with Gasteiger partial charge in [-0.05, 0) is 37.1 Å². The fourth-order valence-electron chi connectivity index (χ4n) is 1.56. The number of allylic oxidation sites excluding steroid dienone is 1. The Bertz CT molecular complexity index is 457. The molecule has 0 amide bonds. The first kappa shape index (κ1) is 16.3. The molecule has 0 spiro atoms. The molecular formula is C13H15ClF2O2S. The second-order valence-corrected chi connectivity index (χ2v) is 6.34. The minimum atomic E-state index is -3.83.